The maximum atomic E-state index is 12.4. The largest absolute Gasteiger partial charge is 0.425 e. The van der Waals surface area contributed by atoms with E-state index in [4.69, 9.17) is 4.74 Å². The molecular formula is C24H30N2O2. The van der Waals surface area contributed by atoms with E-state index < -0.39 is 11.4 Å². The molecule has 0 saturated carbocycles. The number of aryl methyl sites for hydroxylation is 1. The number of carbonyl (C=O) groups excluding carboxylic acids is 1. The van der Waals surface area contributed by atoms with Crippen molar-refractivity contribution in [3.8, 4) is 23.1 Å². The molecule has 0 spiro atoms. The van der Waals surface area contributed by atoms with Crippen molar-refractivity contribution in [3.05, 3.63) is 48.2 Å². The lowest BCUT2D eigenvalue weighted by molar-refractivity contribution is -0.142. The molecule has 28 heavy (non-hydrogen) atoms. The van der Waals surface area contributed by atoms with Crippen LogP contribution in [0.3, 0.4) is 0 Å². The van der Waals surface area contributed by atoms with Crippen LogP contribution in [0.5, 0.6) is 5.75 Å². The Morgan fingerprint density at radius 3 is 2.43 bits per heavy atom. The molecule has 0 radical (unpaired) electrons. The van der Waals surface area contributed by atoms with Crippen LogP contribution in [0.25, 0.3) is 11.3 Å². The third-order valence-corrected chi connectivity index (χ3v) is 4.77. The first-order chi connectivity index (χ1) is 13.4. The molecule has 0 N–H and O–H groups in total. The molecule has 4 nitrogen and oxygen atoms in total. The van der Waals surface area contributed by atoms with Gasteiger partial charge in [-0.05, 0) is 68.0 Å². The van der Waals surface area contributed by atoms with E-state index in [1.165, 1.54) is 24.8 Å². The summed E-state index contributed by atoms with van der Waals surface area (Å²) in [4.78, 5) is 17.0. The van der Waals surface area contributed by atoms with Crippen molar-refractivity contribution >= 4 is 5.97 Å². The number of hydrogen-bond donors (Lipinski definition) is 0. The summed E-state index contributed by atoms with van der Waals surface area (Å²) in [6, 6.07) is 13.5. The van der Waals surface area contributed by atoms with E-state index >= 15 is 0 Å². The average molecular weight is 379 g/mol. The molecule has 148 valence electrons. The van der Waals surface area contributed by atoms with E-state index in [-0.39, 0.29) is 5.92 Å². The minimum atomic E-state index is -1.14. The molecule has 0 bridgehead atoms. The van der Waals surface area contributed by atoms with Gasteiger partial charge in [-0.15, -0.1) is 0 Å². The molecule has 4 heteroatoms. The van der Waals surface area contributed by atoms with Crippen molar-refractivity contribution in [2.45, 2.75) is 59.8 Å². The number of rotatable bonds is 9. The molecule has 2 aromatic rings. The van der Waals surface area contributed by atoms with Gasteiger partial charge in [-0.25, -0.2) is 4.79 Å². The Hall–Kier alpha value is -2.67. The average Bonchev–Trinajstić information content (AvgIpc) is 2.69. The first kappa shape index (κ1) is 21.6. The van der Waals surface area contributed by atoms with Crippen molar-refractivity contribution < 1.29 is 9.53 Å². The molecule has 2 rings (SSSR count). The maximum Gasteiger partial charge on any atom is 0.331 e. The van der Waals surface area contributed by atoms with Gasteiger partial charge in [0.15, 0.2) is 5.41 Å². The van der Waals surface area contributed by atoms with Gasteiger partial charge in [-0.2, -0.15) is 5.26 Å². The van der Waals surface area contributed by atoms with Crippen LogP contribution in [0, 0.1) is 22.7 Å². The highest BCUT2D eigenvalue weighted by molar-refractivity contribution is 5.81. The standard InChI is InChI=1S/C24H30N2O2/c1-5-6-7-8-19-9-14-22(26-16-19)20-10-12-21(13-11-20)28-23(27)24(4,17-25)15-18(2)3/h9-14,16,18H,5-8,15H2,1-4H3. The molecule has 0 amide bonds. The number of ether oxygens (including phenoxy) is 1. The molecule has 1 aromatic heterocycles. The Morgan fingerprint density at radius 2 is 1.89 bits per heavy atom. The molecule has 1 unspecified atom stereocenters. The number of hydrogen-bond acceptors (Lipinski definition) is 4. The summed E-state index contributed by atoms with van der Waals surface area (Å²) < 4.78 is 5.45. The van der Waals surface area contributed by atoms with Crippen LogP contribution in [-0.2, 0) is 11.2 Å². The first-order valence-electron chi connectivity index (χ1n) is 10.1. The van der Waals surface area contributed by atoms with E-state index in [2.05, 4.69) is 24.0 Å². The predicted octanol–water partition coefficient (Wildman–Crippen LogP) is 5.96. The Kier molecular flexibility index (Phi) is 7.75. The Labute approximate surface area is 168 Å². The molecule has 1 heterocycles. The van der Waals surface area contributed by atoms with Crippen LogP contribution in [0.1, 0.15) is 58.9 Å². The van der Waals surface area contributed by atoms with Crippen molar-refractivity contribution in [2.75, 3.05) is 0 Å². The van der Waals surface area contributed by atoms with Crippen molar-refractivity contribution in [1.29, 1.82) is 5.26 Å². The third-order valence-electron chi connectivity index (χ3n) is 4.77. The Bertz CT molecular complexity index is 804. The molecule has 0 aliphatic rings. The lowest BCUT2D eigenvalue weighted by Crippen LogP contribution is -2.32. The minimum Gasteiger partial charge on any atom is -0.425 e. The van der Waals surface area contributed by atoms with Crippen molar-refractivity contribution in [1.82, 2.24) is 4.98 Å². The van der Waals surface area contributed by atoms with E-state index in [1.807, 2.05) is 38.2 Å². The zero-order valence-electron chi connectivity index (χ0n) is 17.4. The minimum absolute atomic E-state index is 0.232. The van der Waals surface area contributed by atoms with Crippen LogP contribution in [0.2, 0.25) is 0 Å². The molecule has 1 atom stereocenters. The van der Waals surface area contributed by atoms with Gasteiger partial charge in [-0.3, -0.25) is 4.98 Å². The molecule has 0 aliphatic carbocycles. The van der Waals surface area contributed by atoms with Crippen molar-refractivity contribution in [3.63, 3.8) is 0 Å². The normalized spacial score (nSPS) is 13.0. The van der Waals surface area contributed by atoms with Gasteiger partial charge in [0.2, 0.25) is 0 Å². The summed E-state index contributed by atoms with van der Waals surface area (Å²) in [6.45, 7) is 7.81. The molecule has 1 aromatic carbocycles. The fraction of sp³-hybridized carbons (Fsp3) is 0.458. The summed E-state index contributed by atoms with van der Waals surface area (Å²) in [5.41, 5.74) is 1.97. The number of nitriles is 1. The molecular weight excluding hydrogens is 348 g/mol. The van der Waals surface area contributed by atoms with E-state index in [0.717, 1.165) is 17.7 Å². The van der Waals surface area contributed by atoms with Gasteiger partial charge >= 0.3 is 5.97 Å². The molecule has 0 aliphatic heterocycles. The lowest BCUT2D eigenvalue weighted by Gasteiger charge is -2.21. The topological polar surface area (TPSA) is 63.0 Å². The number of esters is 1. The monoisotopic (exact) mass is 378 g/mol. The number of unbranched alkanes of at least 4 members (excludes halogenated alkanes) is 2. The summed E-state index contributed by atoms with van der Waals surface area (Å²) in [7, 11) is 0. The smallest absolute Gasteiger partial charge is 0.331 e. The first-order valence-corrected chi connectivity index (χ1v) is 10.1. The SMILES string of the molecule is CCCCCc1ccc(-c2ccc(OC(=O)C(C)(C#N)CC(C)C)cc2)nc1. The summed E-state index contributed by atoms with van der Waals surface area (Å²) in [5.74, 6) is 0.164. The zero-order valence-corrected chi connectivity index (χ0v) is 17.4. The van der Waals surface area contributed by atoms with Crippen LogP contribution in [0.4, 0.5) is 0 Å². The van der Waals surface area contributed by atoms with E-state index in [0.29, 0.717) is 12.2 Å². The third kappa shape index (κ3) is 5.92. The lowest BCUT2D eigenvalue weighted by atomic mass is 9.83. The second kappa shape index (κ2) is 10.0. The van der Waals surface area contributed by atoms with Crippen LogP contribution >= 0.6 is 0 Å². The van der Waals surface area contributed by atoms with Gasteiger partial charge in [-0.1, -0.05) is 39.7 Å². The van der Waals surface area contributed by atoms with Gasteiger partial charge < -0.3 is 4.74 Å². The number of benzene rings is 1. The Morgan fingerprint density at radius 1 is 1.18 bits per heavy atom. The number of nitrogens with zero attached hydrogens (tertiary/aromatic N) is 2. The van der Waals surface area contributed by atoms with E-state index in [9.17, 15) is 10.1 Å². The molecule has 0 fully saturated rings. The van der Waals surface area contributed by atoms with Gasteiger partial charge in [0.25, 0.3) is 0 Å². The van der Waals surface area contributed by atoms with Crippen LogP contribution in [-0.4, -0.2) is 11.0 Å². The van der Waals surface area contributed by atoms with Crippen LogP contribution < -0.4 is 4.74 Å². The highest BCUT2D eigenvalue weighted by atomic mass is 16.5. The highest BCUT2D eigenvalue weighted by Gasteiger charge is 2.36. The Balaban J connectivity index is 2.03. The number of aromatic nitrogens is 1. The van der Waals surface area contributed by atoms with Crippen molar-refractivity contribution in [2.24, 2.45) is 11.3 Å². The quantitative estimate of drug-likeness (QED) is 0.307. The summed E-state index contributed by atoms with van der Waals surface area (Å²) in [6.07, 6.45) is 7.11. The summed E-state index contributed by atoms with van der Waals surface area (Å²) >= 11 is 0. The maximum absolute atomic E-state index is 12.4. The highest BCUT2D eigenvalue weighted by Crippen LogP contribution is 2.29. The fourth-order valence-corrected chi connectivity index (χ4v) is 3.23. The zero-order chi connectivity index (χ0) is 20.6. The van der Waals surface area contributed by atoms with Gasteiger partial charge in [0.05, 0.1) is 11.8 Å². The van der Waals surface area contributed by atoms with E-state index in [1.54, 1.807) is 19.1 Å². The number of pyridine rings is 1. The van der Waals surface area contributed by atoms with Gasteiger partial charge in [0.1, 0.15) is 5.75 Å². The predicted molar refractivity (Wildman–Crippen MR) is 112 cm³/mol. The summed E-state index contributed by atoms with van der Waals surface area (Å²) in [5, 5.41) is 9.41. The number of carbonyl (C=O) groups is 1. The fourth-order valence-electron chi connectivity index (χ4n) is 3.23. The molecule has 0 saturated heterocycles. The second-order valence-corrected chi connectivity index (χ2v) is 7.96. The van der Waals surface area contributed by atoms with Gasteiger partial charge in [0, 0.05) is 11.8 Å². The second-order valence-electron chi connectivity index (χ2n) is 7.96. The van der Waals surface area contributed by atoms with Crippen LogP contribution in [0.15, 0.2) is 42.6 Å².